The highest BCUT2D eigenvalue weighted by molar-refractivity contribution is 5.95. The first kappa shape index (κ1) is 15.1. The molecule has 2 heterocycles. The molecule has 0 saturated carbocycles. The summed E-state index contributed by atoms with van der Waals surface area (Å²) in [5, 5.41) is 5.93. The third-order valence-electron chi connectivity index (χ3n) is 4.08. The highest BCUT2D eigenvalue weighted by atomic mass is 16.2. The van der Waals surface area contributed by atoms with E-state index in [1.165, 1.54) is 11.5 Å². The Hall–Kier alpha value is -3.48. The number of amides is 2. The van der Waals surface area contributed by atoms with Crippen LogP contribution >= 0.6 is 0 Å². The van der Waals surface area contributed by atoms with Gasteiger partial charge in [0.15, 0.2) is 0 Å². The molecule has 2 N–H and O–H groups in total. The molecule has 7 heteroatoms. The molecule has 1 aliphatic rings. The number of hydrogen-bond acceptors (Lipinski definition) is 4. The van der Waals surface area contributed by atoms with Gasteiger partial charge in [0.1, 0.15) is 6.17 Å². The molecular formula is C18H14N4O3. The van der Waals surface area contributed by atoms with Crippen LogP contribution in [0.4, 0.5) is 5.69 Å². The average molecular weight is 334 g/mol. The minimum Gasteiger partial charge on any atom is -0.326 e. The summed E-state index contributed by atoms with van der Waals surface area (Å²) in [6, 6.07) is 13.9. The van der Waals surface area contributed by atoms with Gasteiger partial charge in [-0.1, -0.05) is 24.3 Å². The fourth-order valence-corrected chi connectivity index (χ4v) is 2.98. The lowest BCUT2D eigenvalue weighted by atomic mass is 10.1. The molecule has 0 spiro atoms. The quantitative estimate of drug-likeness (QED) is 0.745. The summed E-state index contributed by atoms with van der Waals surface area (Å²) >= 11 is 0. The first-order valence-corrected chi connectivity index (χ1v) is 7.74. The van der Waals surface area contributed by atoms with Crippen molar-refractivity contribution in [2.24, 2.45) is 0 Å². The molecule has 0 radical (unpaired) electrons. The second-order valence-corrected chi connectivity index (χ2v) is 5.81. The minimum absolute atomic E-state index is 0.0969. The van der Waals surface area contributed by atoms with E-state index in [-0.39, 0.29) is 17.3 Å². The monoisotopic (exact) mass is 334 g/mol. The van der Waals surface area contributed by atoms with Crippen LogP contribution in [0.15, 0.2) is 53.3 Å². The van der Waals surface area contributed by atoms with E-state index in [1.807, 2.05) is 0 Å². The number of fused-ring (bicyclic) bond motifs is 2. The smallest absolute Gasteiger partial charge is 0.289 e. The van der Waals surface area contributed by atoms with Gasteiger partial charge in [-0.3, -0.25) is 19.0 Å². The van der Waals surface area contributed by atoms with Gasteiger partial charge in [-0.25, -0.2) is 4.98 Å². The van der Waals surface area contributed by atoms with Gasteiger partial charge in [0.2, 0.25) is 11.7 Å². The van der Waals surface area contributed by atoms with Gasteiger partial charge in [-0.2, -0.15) is 0 Å². The van der Waals surface area contributed by atoms with E-state index in [9.17, 15) is 14.4 Å². The van der Waals surface area contributed by atoms with Gasteiger partial charge in [0.05, 0.1) is 10.9 Å². The van der Waals surface area contributed by atoms with Crippen LogP contribution < -0.4 is 16.2 Å². The Morgan fingerprint density at radius 2 is 1.84 bits per heavy atom. The standard InChI is InChI=1S/C18H14N4O3/c1-10(23)19-12-8-6-11(7-9-12)15-21-17(24)16-20-14-5-3-2-4-13(14)18(25)22(15)16/h2-9,15H,1H3,(H,19,23)(H,21,24)/t15-/m1/s1. The lowest BCUT2D eigenvalue weighted by molar-refractivity contribution is -0.114. The van der Waals surface area contributed by atoms with E-state index >= 15 is 0 Å². The molecule has 1 aromatic heterocycles. The van der Waals surface area contributed by atoms with Gasteiger partial charge in [0.25, 0.3) is 11.5 Å². The molecule has 3 aromatic rings. The summed E-state index contributed by atoms with van der Waals surface area (Å²) < 4.78 is 1.37. The maximum Gasteiger partial charge on any atom is 0.289 e. The van der Waals surface area contributed by atoms with Gasteiger partial charge < -0.3 is 10.6 Å². The van der Waals surface area contributed by atoms with Crippen LogP contribution in [0.3, 0.4) is 0 Å². The predicted octanol–water partition coefficient (Wildman–Crippen LogP) is 1.65. The van der Waals surface area contributed by atoms with E-state index in [4.69, 9.17) is 0 Å². The molecule has 0 bridgehead atoms. The Kier molecular flexibility index (Phi) is 3.35. The Morgan fingerprint density at radius 3 is 2.56 bits per heavy atom. The summed E-state index contributed by atoms with van der Waals surface area (Å²) in [6.07, 6.45) is -0.626. The van der Waals surface area contributed by atoms with Crippen LogP contribution in [0.2, 0.25) is 0 Å². The van der Waals surface area contributed by atoms with E-state index in [0.29, 0.717) is 16.6 Å². The summed E-state index contributed by atoms with van der Waals surface area (Å²) in [4.78, 5) is 40.5. The number of nitrogens with one attached hydrogen (secondary N) is 2. The van der Waals surface area contributed by atoms with Crippen molar-refractivity contribution >= 4 is 28.4 Å². The number of hydrogen-bond donors (Lipinski definition) is 2. The van der Waals surface area contributed by atoms with E-state index in [0.717, 1.165) is 5.56 Å². The number of benzene rings is 2. The first-order valence-electron chi connectivity index (χ1n) is 7.74. The number of anilines is 1. The number of nitrogens with zero attached hydrogens (tertiary/aromatic N) is 2. The zero-order chi connectivity index (χ0) is 17.6. The molecule has 7 nitrogen and oxygen atoms in total. The molecule has 2 aromatic carbocycles. The van der Waals surface area contributed by atoms with Crippen LogP contribution in [0.5, 0.6) is 0 Å². The number of aromatic nitrogens is 2. The fraction of sp³-hybridized carbons (Fsp3) is 0.111. The topological polar surface area (TPSA) is 93.1 Å². The van der Waals surface area contributed by atoms with E-state index < -0.39 is 12.1 Å². The Balaban J connectivity index is 1.82. The van der Waals surface area contributed by atoms with Gasteiger partial charge >= 0.3 is 0 Å². The van der Waals surface area contributed by atoms with Crippen LogP contribution in [-0.4, -0.2) is 21.4 Å². The highest BCUT2D eigenvalue weighted by Gasteiger charge is 2.32. The van der Waals surface area contributed by atoms with Gasteiger partial charge in [-0.05, 0) is 29.8 Å². The van der Waals surface area contributed by atoms with Crippen molar-refractivity contribution in [1.82, 2.24) is 14.9 Å². The van der Waals surface area contributed by atoms with Crippen molar-refractivity contribution in [3.8, 4) is 0 Å². The normalized spacial score (nSPS) is 15.7. The summed E-state index contributed by atoms with van der Waals surface area (Å²) in [7, 11) is 0. The minimum atomic E-state index is -0.626. The second kappa shape index (κ2) is 5.55. The van der Waals surface area contributed by atoms with Crippen molar-refractivity contribution in [3.05, 3.63) is 70.3 Å². The largest absolute Gasteiger partial charge is 0.326 e. The number of carbonyl (C=O) groups excluding carboxylic acids is 2. The first-order chi connectivity index (χ1) is 12.0. The summed E-state index contributed by atoms with van der Waals surface area (Å²) in [6.45, 7) is 1.43. The molecular weight excluding hydrogens is 320 g/mol. The van der Waals surface area contributed by atoms with Crippen LogP contribution in [0.1, 0.15) is 29.3 Å². The van der Waals surface area contributed by atoms with Gasteiger partial charge in [-0.15, -0.1) is 0 Å². The Labute approximate surface area is 142 Å². The number of para-hydroxylation sites is 1. The predicted molar refractivity (Wildman–Crippen MR) is 92.4 cm³/mol. The third-order valence-corrected chi connectivity index (χ3v) is 4.08. The molecule has 1 aliphatic heterocycles. The average Bonchev–Trinajstić information content (AvgIpc) is 2.92. The SMILES string of the molecule is CC(=O)Nc1ccc([C@@H]2NC(=O)c3nc4ccccc4c(=O)n32)cc1. The molecule has 4 rings (SSSR count). The Bertz CT molecular complexity index is 1070. The highest BCUT2D eigenvalue weighted by Crippen LogP contribution is 2.24. The van der Waals surface area contributed by atoms with E-state index in [1.54, 1.807) is 48.5 Å². The second-order valence-electron chi connectivity index (χ2n) is 5.81. The molecule has 1 atom stereocenters. The lowest BCUT2D eigenvalue weighted by Gasteiger charge is -2.15. The summed E-state index contributed by atoms with van der Waals surface area (Å²) in [5.41, 5.74) is 1.59. The third kappa shape index (κ3) is 2.46. The van der Waals surface area contributed by atoms with Crippen molar-refractivity contribution in [3.63, 3.8) is 0 Å². The number of carbonyl (C=O) groups is 2. The van der Waals surface area contributed by atoms with Crippen molar-refractivity contribution in [2.45, 2.75) is 13.1 Å². The Morgan fingerprint density at radius 1 is 1.12 bits per heavy atom. The molecule has 0 aliphatic carbocycles. The van der Waals surface area contributed by atoms with Crippen molar-refractivity contribution in [1.29, 1.82) is 0 Å². The zero-order valence-electron chi connectivity index (χ0n) is 13.3. The van der Waals surface area contributed by atoms with E-state index in [2.05, 4.69) is 15.6 Å². The molecule has 0 unspecified atom stereocenters. The maximum absolute atomic E-state index is 12.8. The van der Waals surface area contributed by atoms with Crippen molar-refractivity contribution < 1.29 is 9.59 Å². The fourth-order valence-electron chi connectivity index (χ4n) is 2.98. The van der Waals surface area contributed by atoms with Crippen LogP contribution in [0, 0.1) is 0 Å². The maximum atomic E-state index is 12.8. The molecule has 124 valence electrons. The van der Waals surface area contributed by atoms with Crippen LogP contribution in [0.25, 0.3) is 10.9 Å². The molecule has 0 fully saturated rings. The zero-order valence-corrected chi connectivity index (χ0v) is 13.3. The van der Waals surface area contributed by atoms with Crippen LogP contribution in [-0.2, 0) is 4.79 Å². The summed E-state index contributed by atoms with van der Waals surface area (Å²) in [5.74, 6) is -0.461. The molecule has 25 heavy (non-hydrogen) atoms. The molecule has 0 saturated heterocycles. The number of rotatable bonds is 2. The molecule has 2 amide bonds. The van der Waals surface area contributed by atoms with Crippen molar-refractivity contribution in [2.75, 3.05) is 5.32 Å². The lowest BCUT2D eigenvalue weighted by Crippen LogP contribution is -2.28. The van der Waals surface area contributed by atoms with Gasteiger partial charge in [0, 0.05) is 12.6 Å².